The van der Waals surface area contributed by atoms with Gasteiger partial charge in [0.05, 0.1) is 24.7 Å². The van der Waals surface area contributed by atoms with Gasteiger partial charge in [-0.3, -0.25) is 9.89 Å². The van der Waals surface area contributed by atoms with Crippen molar-refractivity contribution in [3.05, 3.63) is 66.2 Å². The minimum absolute atomic E-state index is 0.332. The van der Waals surface area contributed by atoms with Gasteiger partial charge in [0.15, 0.2) is 0 Å². The Morgan fingerprint density at radius 1 is 1.19 bits per heavy atom. The molecule has 0 atom stereocenters. The van der Waals surface area contributed by atoms with Gasteiger partial charge in [-0.2, -0.15) is 5.10 Å². The summed E-state index contributed by atoms with van der Waals surface area (Å²) in [6.07, 6.45) is 1.45. The van der Waals surface area contributed by atoms with Crippen LogP contribution in [0.5, 0.6) is 5.75 Å². The predicted molar refractivity (Wildman–Crippen MR) is 96.8 cm³/mol. The Hall–Kier alpha value is -3.61. The fourth-order valence-electron chi connectivity index (χ4n) is 2.87. The van der Waals surface area contributed by atoms with Crippen LogP contribution in [0.25, 0.3) is 22.2 Å². The second-order valence-corrected chi connectivity index (χ2v) is 5.70. The molecule has 0 radical (unpaired) electrons. The Balaban J connectivity index is 1.66. The second kappa shape index (κ2) is 6.36. The van der Waals surface area contributed by atoms with Crippen LogP contribution in [0.15, 0.2) is 54.7 Å². The van der Waals surface area contributed by atoms with Crippen molar-refractivity contribution >= 4 is 22.5 Å². The molecule has 7 heteroatoms. The van der Waals surface area contributed by atoms with Crippen LogP contribution in [0.3, 0.4) is 0 Å². The molecule has 4 aromatic rings. The van der Waals surface area contributed by atoms with E-state index in [-0.39, 0.29) is 5.91 Å². The van der Waals surface area contributed by atoms with Gasteiger partial charge in [0.25, 0.3) is 5.91 Å². The molecule has 3 N–H and O–H groups in total. The first-order chi connectivity index (χ1) is 12.7. The molecule has 0 saturated carbocycles. The lowest BCUT2D eigenvalue weighted by Crippen LogP contribution is -2.12. The number of nitrogens with zero attached hydrogens (tertiary/aromatic N) is 1. The molecule has 130 valence electrons. The summed E-state index contributed by atoms with van der Waals surface area (Å²) in [6, 6.07) is 13.5. The number of benzene rings is 2. The summed E-state index contributed by atoms with van der Waals surface area (Å²) in [5, 5.41) is 10.2. The number of fused-ring (bicyclic) bond motifs is 1. The van der Waals surface area contributed by atoms with Crippen molar-refractivity contribution in [2.24, 2.45) is 0 Å². The van der Waals surface area contributed by atoms with E-state index in [4.69, 9.17) is 4.74 Å². The fourth-order valence-corrected chi connectivity index (χ4v) is 2.87. The number of amides is 1. The Morgan fingerprint density at radius 3 is 2.85 bits per heavy atom. The van der Waals surface area contributed by atoms with Crippen LogP contribution in [-0.2, 0) is 0 Å². The molecule has 6 nitrogen and oxygen atoms in total. The number of aromatic amines is 2. The number of hydrogen-bond donors (Lipinski definition) is 3. The van der Waals surface area contributed by atoms with Crippen molar-refractivity contribution in [3.8, 4) is 17.0 Å². The summed E-state index contributed by atoms with van der Waals surface area (Å²) in [6.45, 7) is 0. The molecule has 2 aromatic heterocycles. The molecule has 4 rings (SSSR count). The zero-order valence-corrected chi connectivity index (χ0v) is 13.8. The van der Waals surface area contributed by atoms with Crippen molar-refractivity contribution in [1.82, 2.24) is 15.2 Å². The van der Waals surface area contributed by atoms with E-state index in [1.165, 1.54) is 12.3 Å². The number of methoxy groups -OCH3 is 1. The first kappa shape index (κ1) is 15.9. The zero-order chi connectivity index (χ0) is 18.1. The van der Waals surface area contributed by atoms with Crippen molar-refractivity contribution in [2.75, 3.05) is 12.4 Å². The molecule has 0 fully saturated rings. The lowest BCUT2D eigenvalue weighted by atomic mass is 10.1. The van der Waals surface area contributed by atoms with Crippen LogP contribution in [0.4, 0.5) is 10.1 Å². The summed E-state index contributed by atoms with van der Waals surface area (Å²) in [5.41, 5.74) is 2.29. The molecule has 0 bridgehead atoms. The predicted octanol–water partition coefficient (Wildman–Crippen LogP) is 3.96. The van der Waals surface area contributed by atoms with Crippen molar-refractivity contribution in [1.29, 1.82) is 0 Å². The number of H-pyrrole nitrogens is 2. The number of aromatic nitrogens is 3. The van der Waals surface area contributed by atoms with Gasteiger partial charge in [-0.25, -0.2) is 4.39 Å². The molecule has 0 aliphatic rings. The third-order valence-electron chi connectivity index (χ3n) is 4.12. The van der Waals surface area contributed by atoms with Crippen LogP contribution >= 0.6 is 0 Å². The standard InChI is InChI=1S/C19H15FN4O2/c1-26-17-8-4-7-14-12(17)9-15(22-14)19(25)23-16-10-21-24-18(16)11-5-2-3-6-13(11)20/h2-10,22H,1H3,(H,21,24)(H,23,25). The summed E-state index contributed by atoms with van der Waals surface area (Å²) in [4.78, 5) is 15.7. The van der Waals surface area contributed by atoms with Crippen molar-refractivity contribution < 1.29 is 13.9 Å². The highest BCUT2D eigenvalue weighted by Gasteiger charge is 2.17. The molecule has 0 unspecified atom stereocenters. The summed E-state index contributed by atoms with van der Waals surface area (Å²) < 4.78 is 19.3. The van der Waals surface area contributed by atoms with Crippen LogP contribution < -0.4 is 10.1 Å². The number of anilines is 1. The lowest BCUT2D eigenvalue weighted by Gasteiger charge is -2.05. The zero-order valence-electron chi connectivity index (χ0n) is 13.8. The normalized spacial score (nSPS) is 10.8. The first-order valence-electron chi connectivity index (χ1n) is 7.92. The summed E-state index contributed by atoms with van der Waals surface area (Å²) in [7, 11) is 1.58. The second-order valence-electron chi connectivity index (χ2n) is 5.70. The SMILES string of the molecule is COc1cccc2[nH]c(C(=O)Nc3cn[nH]c3-c3ccccc3F)cc12. The molecule has 2 aromatic carbocycles. The molecule has 0 spiro atoms. The Labute approximate surface area is 148 Å². The monoisotopic (exact) mass is 350 g/mol. The number of nitrogens with one attached hydrogen (secondary N) is 3. The van der Waals surface area contributed by atoms with E-state index in [1.807, 2.05) is 18.2 Å². The van der Waals surface area contributed by atoms with Gasteiger partial charge < -0.3 is 15.0 Å². The maximum absolute atomic E-state index is 14.0. The number of ether oxygens (including phenoxy) is 1. The van der Waals surface area contributed by atoms with E-state index >= 15 is 0 Å². The average Bonchev–Trinajstić information content (AvgIpc) is 3.28. The average molecular weight is 350 g/mol. The Kier molecular flexibility index (Phi) is 3.89. The van der Waals surface area contributed by atoms with Crippen LogP contribution in [0, 0.1) is 5.82 Å². The highest BCUT2D eigenvalue weighted by Crippen LogP contribution is 2.29. The molecular formula is C19H15FN4O2. The molecular weight excluding hydrogens is 335 g/mol. The van der Waals surface area contributed by atoms with E-state index < -0.39 is 5.82 Å². The van der Waals surface area contributed by atoms with Gasteiger partial charge in [0, 0.05) is 16.5 Å². The van der Waals surface area contributed by atoms with Crippen molar-refractivity contribution in [3.63, 3.8) is 0 Å². The summed E-state index contributed by atoms with van der Waals surface area (Å²) >= 11 is 0. The largest absolute Gasteiger partial charge is 0.496 e. The maximum atomic E-state index is 14.0. The quantitative estimate of drug-likeness (QED) is 0.521. The Bertz CT molecular complexity index is 1100. The maximum Gasteiger partial charge on any atom is 0.272 e. The van der Waals surface area contributed by atoms with Gasteiger partial charge in [0.2, 0.25) is 0 Å². The third-order valence-corrected chi connectivity index (χ3v) is 4.12. The lowest BCUT2D eigenvalue weighted by molar-refractivity contribution is 0.102. The highest BCUT2D eigenvalue weighted by atomic mass is 19.1. The fraction of sp³-hybridized carbons (Fsp3) is 0.0526. The van der Waals surface area contributed by atoms with Gasteiger partial charge in [-0.1, -0.05) is 18.2 Å². The van der Waals surface area contributed by atoms with Crippen LogP contribution in [0.1, 0.15) is 10.5 Å². The Morgan fingerprint density at radius 2 is 2.04 bits per heavy atom. The smallest absolute Gasteiger partial charge is 0.272 e. The van der Waals surface area contributed by atoms with Gasteiger partial charge in [-0.15, -0.1) is 0 Å². The highest BCUT2D eigenvalue weighted by molar-refractivity contribution is 6.07. The number of carbonyl (C=O) groups is 1. The molecule has 2 heterocycles. The van der Waals surface area contributed by atoms with E-state index in [1.54, 1.807) is 31.4 Å². The molecule has 0 aliphatic carbocycles. The molecule has 0 aliphatic heterocycles. The number of hydrogen-bond acceptors (Lipinski definition) is 3. The molecule has 26 heavy (non-hydrogen) atoms. The first-order valence-corrected chi connectivity index (χ1v) is 7.92. The van der Waals surface area contributed by atoms with E-state index in [9.17, 15) is 9.18 Å². The summed E-state index contributed by atoms with van der Waals surface area (Å²) in [5.74, 6) is -0.0852. The number of halogens is 1. The third kappa shape index (κ3) is 2.69. The molecule has 0 saturated heterocycles. The van der Waals surface area contributed by atoms with E-state index in [0.29, 0.717) is 28.4 Å². The van der Waals surface area contributed by atoms with Gasteiger partial charge in [-0.05, 0) is 30.3 Å². The molecule has 1 amide bonds. The van der Waals surface area contributed by atoms with Gasteiger partial charge in [0.1, 0.15) is 17.3 Å². The topological polar surface area (TPSA) is 82.8 Å². The van der Waals surface area contributed by atoms with Crippen LogP contribution in [-0.4, -0.2) is 28.2 Å². The minimum atomic E-state index is -0.400. The number of rotatable bonds is 4. The number of carbonyl (C=O) groups excluding carboxylic acids is 1. The van der Waals surface area contributed by atoms with Gasteiger partial charge >= 0.3 is 0 Å². The van der Waals surface area contributed by atoms with E-state index in [2.05, 4.69) is 20.5 Å². The van der Waals surface area contributed by atoms with Crippen molar-refractivity contribution in [2.45, 2.75) is 0 Å². The van der Waals surface area contributed by atoms with E-state index in [0.717, 1.165) is 10.9 Å². The van der Waals surface area contributed by atoms with Crippen LogP contribution in [0.2, 0.25) is 0 Å². The minimum Gasteiger partial charge on any atom is -0.496 e.